The van der Waals surface area contributed by atoms with Gasteiger partial charge in [0, 0.05) is 26.3 Å². The fourth-order valence-electron chi connectivity index (χ4n) is 1.61. The smallest absolute Gasteiger partial charge is 0.0693 e. The van der Waals surface area contributed by atoms with Crippen LogP contribution in [0.2, 0.25) is 0 Å². The quantitative estimate of drug-likeness (QED) is 0.701. The molecule has 1 rings (SSSR count). The largest absolute Gasteiger partial charge is 0.381 e. The summed E-state index contributed by atoms with van der Waals surface area (Å²) in [6.45, 7) is 4.25. The molecule has 1 fully saturated rings. The summed E-state index contributed by atoms with van der Waals surface area (Å²) in [5, 5.41) is 3.53. The summed E-state index contributed by atoms with van der Waals surface area (Å²) >= 11 is 0. The topological polar surface area (TPSA) is 30.5 Å². The normalized spacial score (nSPS) is 32.3. The lowest BCUT2D eigenvalue weighted by molar-refractivity contribution is 0.00465. The van der Waals surface area contributed by atoms with Gasteiger partial charge in [0.1, 0.15) is 0 Å². The number of hydrogen-bond donors (Lipinski definition) is 1. The third kappa shape index (κ3) is 2.93. The lowest BCUT2D eigenvalue weighted by Gasteiger charge is -2.37. The summed E-state index contributed by atoms with van der Waals surface area (Å²) in [7, 11) is 3.53. The highest BCUT2D eigenvalue weighted by atomic mass is 16.5. The summed E-state index contributed by atoms with van der Waals surface area (Å²) in [6, 6.07) is 1.05. The second kappa shape index (κ2) is 4.94. The Balaban J connectivity index is 2.12. The van der Waals surface area contributed by atoms with Crippen molar-refractivity contribution in [3.63, 3.8) is 0 Å². The summed E-state index contributed by atoms with van der Waals surface area (Å²) < 4.78 is 10.5. The molecule has 2 atom stereocenters. The Kier molecular flexibility index (Phi) is 4.16. The number of ether oxygens (including phenoxy) is 2. The number of hydrogen-bond acceptors (Lipinski definition) is 3. The van der Waals surface area contributed by atoms with Gasteiger partial charge in [0.25, 0.3) is 0 Å². The first-order chi connectivity index (χ1) is 6.17. The maximum atomic E-state index is 5.24. The molecule has 78 valence electrons. The zero-order valence-corrected chi connectivity index (χ0v) is 9.04. The van der Waals surface area contributed by atoms with E-state index in [1.54, 1.807) is 14.2 Å². The van der Waals surface area contributed by atoms with Crippen LogP contribution < -0.4 is 5.32 Å². The Morgan fingerprint density at radius 3 is 2.31 bits per heavy atom. The van der Waals surface area contributed by atoms with Crippen LogP contribution in [0.4, 0.5) is 0 Å². The van der Waals surface area contributed by atoms with Gasteiger partial charge in [-0.25, -0.2) is 0 Å². The maximum Gasteiger partial charge on any atom is 0.0693 e. The molecule has 0 aromatic heterocycles. The number of methoxy groups -OCH3 is 2. The summed E-state index contributed by atoms with van der Waals surface area (Å²) in [5.74, 6) is 0. The van der Waals surface area contributed by atoms with Crippen LogP contribution in [0.5, 0.6) is 0 Å². The third-order valence-electron chi connectivity index (χ3n) is 3.00. The van der Waals surface area contributed by atoms with Crippen LogP contribution >= 0.6 is 0 Å². The van der Waals surface area contributed by atoms with E-state index in [1.165, 1.54) is 0 Å². The second-order valence-corrected chi connectivity index (χ2v) is 3.92. The molecule has 0 aromatic rings. The molecule has 0 radical (unpaired) electrons. The van der Waals surface area contributed by atoms with E-state index in [0.717, 1.165) is 12.8 Å². The van der Waals surface area contributed by atoms with E-state index in [0.29, 0.717) is 18.2 Å². The maximum absolute atomic E-state index is 5.24. The molecule has 1 aliphatic rings. The van der Waals surface area contributed by atoms with Gasteiger partial charge in [-0.1, -0.05) is 0 Å². The van der Waals surface area contributed by atoms with Gasteiger partial charge in [-0.05, 0) is 26.7 Å². The van der Waals surface area contributed by atoms with E-state index in [2.05, 4.69) is 19.2 Å². The Bertz CT molecular complexity index is 146. The molecule has 0 heterocycles. The molecule has 1 N–H and O–H groups in total. The molecule has 0 saturated heterocycles. The van der Waals surface area contributed by atoms with Crippen molar-refractivity contribution in [3.8, 4) is 0 Å². The predicted molar refractivity (Wildman–Crippen MR) is 52.9 cm³/mol. The van der Waals surface area contributed by atoms with Crippen LogP contribution in [0.3, 0.4) is 0 Å². The fraction of sp³-hybridized carbons (Fsp3) is 1.00. The van der Waals surface area contributed by atoms with Crippen molar-refractivity contribution in [3.05, 3.63) is 0 Å². The molecule has 0 aliphatic heterocycles. The molecule has 2 unspecified atom stereocenters. The van der Waals surface area contributed by atoms with Crippen LogP contribution in [0.1, 0.15) is 26.7 Å². The third-order valence-corrected chi connectivity index (χ3v) is 3.00. The molecule has 3 heteroatoms. The van der Waals surface area contributed by atoms with E-state index in [9.17, 15) is 0 Å². The monoisotopic (exact) mass is 187 g/mol. The van der Waals surface area contributed by atoms with Crippen LogP contribution in [0.25, 0.3) is 0 Å². The number of rotatable bonds is 5. The Hall–Kier alpha value is -0.120. The Morgan fingerprint density at radius 2 is 1.85 bits per heavy atom. The van der Waals surface area contributed by atoms with E-state index < -0.39 is 0 Å². The minimum absolute atomic E-state index is 0.279. The molecule has 0 spiro atoms. The zero-order chi connectivity index (χ0) is 9.84. The highest BCUT2D eigenvalue weighted by Crippen LogP contribution is 2.23. The van der Waals surface area contributed by atoms with E-state index in [-0.39, 0.29) is 6.10 Å². The van der Waals surface area contributed by atoms with Crippen molar-refractivity contribution >= 4 is 0 Å². The predicted octanol–water partition coefficient (Wildman–Crippen LogP) is 1.18. The molecule has 1 aliphatic carbocycles. The first-order valence-electron chi connectivity index (χ1n) is 4.99. The summed E-state index contributed by atoms with van der Waals surface area (Å²) in [5.41, 5.74) is 0. The van der Waals surface area contributed by atoms with Crippen LogP contribution in [0.15, 0.2) is 0 Å². The van der Waals surface area contributed by atoms with Gasteiger partial charge >= 0.3 is 0 Å². The molecule has 0 bridgehead atoms. The molecular formula is C10H21NO2. The van der Waals surface area contributed by atoms with Crippen molar-refractivity contribution in [2.24, 2.45) is 0 Å². The van der Waals surface area contributed by atoms with Gasteiger partial charge < -0.3 is 14.8 Å². The standard InChI is InChI=1S/C10H21NO2/c1-7(8(2)12-3)11-9-5-10(6-9)13-4/h7-11H,5-6H2,1-4H3. The van der Waals surface area contributed by atoms with Gasteiger partial charge in [-0.2, -0.15) is 0 Å². The summed E-state index contributed by atoms with van der Waals surface area (Å²) in [6.07, 6.45) is 3.03. The van der Waals surface area contributed by atoms with Crippen molar-refractivity contribution < 1.29 is 9.47 Å². The molecule has 3 nitrogen and oxygen atoms in total. The van der Waals surface area contributed by atoms with Crippen molar-refractivity contribution in [2.45, 2.75) is 51.0 Å². The van der Waals surface area contributed by atoms with Crippen LogP contribution in [-0.2, 0) is 9.47 Å². The van der Waals surface area contributed by atoms with E-state index in [1.807, 2.05) is 0 Å². The molecular weight excluding hydrogens is 166 g/mol. The van der Waals surface area contributed by atoms with Crippen molar-refractivity contribution in [1.82, 2.24) is 5.32 Å². The van der Waals surface area contributed by atoms with Gasteiger partial charge in [0.05, 0.1) is 12.2 Å². The average molecular weight is 187 g/mol. The van der Waals surface area contributed by atoms with Crippen LogP contribution in [-0.4, -0.2) is 38.5 Å². The summed E-state index contributed by atoms with van der Waals surface area (Å²) in [4.78, 5) is 0. The first kappa shape index (κ1) is 11.0. The average Bonchev–Trinajstić information content (AvgIpc) is 2.08. The lowest BCUT2D eigenvalue weighted by atomic mass is 9.88. The van der Waals surface area contributed by atoms with Crippen LogP contribution in [0, 0.1) is 0 Å². The van der Waals surface area contributed by atoms with Gasteiger partial charge in [0.15, 0.2) is 0 Å². The van der Waals surface area contributed by atoms with Gasteiger partial charge in [-0.15, -0.1) is 0 Å². The molecule has 13 heavy (non-hydrogen) atoms. The second-order valence-electron chi connectivity index (χ2n) is 3.92. The zero-order valence-electron chi connectivity index (χ0n) is 9.04. The van der Waals surface area contributed by atoms with Gasteiger partial charge in [-0.3, -0.25) is 0 Å². The van der Waals surface area contributed by atoms with E-state index in [4.69, 9.17) is 9.47 Å². The molecule has 0 aromatic carbocycles. The highest BCUT2D eigenvalue weighted by Gasteiger charge is 2.30. The minimum Gasteiger partial charge on any atom is -0.381 e. The Morgan fingerprint density at radius 1 is 1.23 bits per heavy atom. The SMILES string of the molecule is COC1CC(NC(C)C(C)OC)C1. The van der Waals surface area contributed by atoms with Gasteiger partial charge in [0.2, 0.25) is 0 Å². The molecule has 0 amide bonds. The molecule has 1 saturated carbocycles. The number of nitrogens with one attached hydrogen (secondary N) is 1. The van der Waals surface area contributed by atoms with E-state index >= 15 is 0 Å². The first-order valence-corrected chi connectivity index (χ1v) is 4.99. The highest BCUT2D eigenvalue weighted by molar-refractivity contribution is 4.88. The minimum atomic E-state index is 0.279. The van der Waals surface area contributed by atoms with Crippen molar-refractivity contribution in [1.29, 1.82) is 0 Å². The fourth-order valence-corrected chi connectivity index (χ4v) is 1.61. The lowest BCUT2D eigenvalue weighted by Crippen LogP contribution is -2.51. The van der Waals surface area contributed by atoms with Crippen molar-refractivity contribution in [2.75, 3.05) is 14.2 Å². The Labute approximate surface area is 80.8 Å².